The number of carbonyl (C=O) groups excluding carboxylic acids is 1. The Morgan fingerprint density at radius 1 is 0.833 bits per heavy atom. The van der Waals surface area contributed by atoms with Crippen molar-refractivity contribution in [1.82, 2.24) is 9.88 Å². The molecule has 1 aromatic rings. The maximum Gasteiger partial charge on any atom is 0.345 e. The Bertz CT molecular complexity index is 833. The van der Waals surface area contributed by atoms with Crippen LogP contribution in [0.15, 0.2) is 18.3 Å². The average Bonchev–Trinajstić information content (AvgIpc) is 3.00. The summed E-state index contributed by atoms with van der Waals surface area (Å²) >= 11 is 0. The molecule has 0 aromatic carbocycles. The Labute approximate surface area is 253 Å². The lowest BCUT2D eigenvalue weighted by Crippen LogP contribution is -3.10. The topological polar surface area (TPSA) is 116 Å². The molecule has 1 amide bonds. The number of amides is 1. The standard InChI is InChI=1S/C32H57N5O5/c1-2-3-22-34-24-26-35(27-25-34)31-21-20-30(29-33-31)32(38)36(39)23-18-16-14-12-10-8-6-4-5-7-9-11-13-15-17-19-28-42-37(40)41/h20-21,29,36H,2-19,22-28H2,1H3. The Balaban J connectivity index is 1.39. The molecule has 240 valence electrons. The summed E-state index contributed by atoms with van der Waals surface area (Å²) < 4.78 is 0. The van der Waals surface area contributed by atoms with Crippen LogP contribution in [0, 0.1) is 15.3 Å². The van der Waals surface area contributed by atoms with E-state index in [9.17, 15) is 20.1 Å². The zero-order chi connectivity index (χ0) is 30.3. The van der Waals surface area contributed by atoms with Crippen LogP contribution in [0.1, 0.15) is 133 Å². The number of anilines is 1. The van der Waals surface area contributed by atoms with E-state index in [4.69, 9.17) is 0 Å². The van der Waals surface area contributed by atoms with Gasteiger partial charge in [-0.25, -0.2) is 9.78 Å². The molecule has 10 nitrogen and oxygen atoms in total. The number of hydrogen-bond donors (Lipinski definition) is 1. The first-order chi connectivity index (χ1) is 20.5. The minimum Gasteiger partial charge on any atom is -0.626 e. The number of carbonyl (C=O) groups is 1. The molecule has 1 aromatic heterocycles. The van der Waals surface area contributed by atoms with E-state index in [0.29, 0.717) is 12.1 Å². The predicted octanol–water partition coefficient (Wildman–Crippen LogP) is 5.98. The summed E-state index contributed by atoms with van der Waals surface area (Å²) in [4.78, 5) is 36.2. The Morgan fingerprint density at radius 3 is 1.83 bits per heavy atom. The van der Waals surface area contributed by atoms with E-state index in [1.54, 1.807) is 12.3 Å². The third kappa shape index (κ3) is 16.4. The molecule has 1 fully saturated rings. The highest BCUT2D eigenvalue weighted by Gasteiger charge is 2.19. The Morgan fingerprint density at radius 2 is 1.36 bits per heavy atom. The van der Waals surface area contributed by atoms with Crippen molar-refractivity contribution in [3.8, 4) is 0 Å². The molecular weight excluding hydrogens is 534 g/mol. The lowest BCUT2D eigenvalue weighted by molar-refractivity contribution is -0.757. The Hall–Kier alpha value is -2.30. The van der Waals surface area contributed by atoms with E-state index in [1.165, 1.54) is 77.0 Å². The van der Waals surface area contributed by atoms with E-state index in [2.05, 4.69) is 26.5 Å². The van der Waals surface area contributed by atoms with Gasteiger partial charge in [-0.05, 0) is 44.4 Å². The second kappa shape index (κ2) is 23.2. The van der Waals surface area contributed by atoms with Gasteiger partial charge in [0.05, 0.1) is 18.7 Å². The van der Waals surface area contributed by atoms with Gasteiger partial charge in [-0.2, -0.15) is 0 Å². The largest absolute Gasteiger partial charge is 0.626 e. The van der Waals surface area contributed by atoms with Crippen LogP contribution in [0.3, 0.4) is 0 Å². The number of hydrogen-bond acceptors (Lipinski definition) is 8. The van der Waals surface area contributed by atoms with Crippen LogP contribution in [0.4, 0.5) is 5.82 Å². The fourth-order valence-electron chi connectivity index (χ4n) is 5.57. The van der Waals surface area contributed by atoms with Crippen LogP contribution in [-0.4, -0.2) is 66.8 Å². The zero-order valence-corrected chi connectivity index (χ0v) is 26.2. The van der Waals surface area contributed by atoms with Crippen molar-refractivity contribution in [3.05, 3.63) is 39.2 Å². The molecule has 10 heteroatoms. The van der Waals surface area contributed by atoms with Crippen molar-refractivity contribution in [2.45, 2.75) is 122 Å². The molecule has 0 aliphatic carbocycles. The summed E-state index contributed by atoms with van der Waals surface area (Å²) in [5, 5.41) is 21.5. The SMILES string of the molecule is CCCCN1CCN(c2ccc(C(=O)[NH+]([O-])CCCCCCCCCCCCCCCCCCO[N+](=O)[O-])cn2)CC1. The highest BCUT2D eigenvalue weighted by molar-refractivity contribution is 5.87. The van der Waals surface area contributed by atoms with Gasteiger partial charge in [-0.15, -0.1) is 10.1 Å². The predicted molar refractivity (Wildman–Crippen MR) is 168 cm³/mol. The average molecular weight is 592 g/mol. The van der Waals surface area contributed by atoms with Gasteiger partial charge >= 0.3 is 5.91 Å². The van der Waals surface area contributed by atoms with Crippen LogP contribution >= 0.6 is 0 Å². The molecule has 0 spiro atoms. The first-order valence-electron chi connectivity index (χ1n) is 16.8. The number of unbranched alkanes of at least 4 members (excludes halogenated alkanes) is 16. The van der Waals surface area contributed by atoms with Crippen LogP contribution in [0.25, 0.3) is 0 Å². The molecule has 0 radical (unpaired) electrons. The third-order valence-corrected chi connectivity index (χ3v) is 8.28. The van der Waals surface area contributed by atoms with Crippen molar-refractivity contribution in [3.63, 3.8) is 0 Å². The second-order valence-electron chi connectivity index (χ2n) is 11.8. The number of nitrogens with zero attached hydrogens (tertiary/aromatic N) is 4. The van der Waals surface area contributed by atoms with E-state index in [-0.39, 0.29) is 11.7 Å². The molecular formula is C32H57N5O5. The second-order valence-corrected chi connectivity index (χ2v) is 11.8. The first kappa shape index (κ1) is 35.9. The third-order valence-electron chi connectivity index (χ3n) is 8.28. The van der Waals surface area contributed by atoms with Gasteiger partial charge in [0.2, 0.25) is 0 Å². The number of quaternary nitrogens is 1. The minimum absolute atomic E-state index is 0.221. The zero-order valence-electron chi connectivity index (χ0n) is 26.2. The molecule has 1 atom stereocenters. The molecule has 1 aliphatic rings. The number of nitrogens with one attached hydrogen (secondary N) is 1. The van der Waals surface area contributed by atoms with Crippen molar-refractivity contribution in [2.24, 2.45) is 0 Å². The van der Waals surface area contributed by atoms with E-state index < -0.39 is 11.0 Å². The van der Waals surface area contributed by atoms with Crippen molar-refractivity contribution in [2.75, 3.05) is 50.8 Å². The summed E-state index contributed by atoms with van der Waals surface area (Å²) in [7, 11) is 0. The number of hydroxylamine groups is 2. The Kier molecular flexibility index (Phi) is 19.8. The first-order valence-corrected chi connectivity index (χ1v) is 16.8. The highest BCUT2D eigenvalue weighted by atomic mass is 16.9. The van der Waals surface area contributed by atoms with Gasteiger partial charge in [0.25, 0.3) is 5.09 Å². The van der Waals surface area contributed by atoms with Crippen LogP contribution < -0.4 is 9.96 Å². The smallest absolute Gasteiger partial charge is 0.345 e. The molecule has 0 saturated carbocycles. The molecule has 1 unspecified atom stereocenters. The summed E-state index contributed by atoms with van der Waals surface area (Å²) in [5.74, 6) is 0.483. The van der Waals surface area contributed by atoms with Gasteiger partial charge in [0.1, 0.15) is 5.82 Å². The van der Waals surface area contributed by atoms with E-state index in [1.807, 2.05) is 6.07 Å². The maximum atomic E-state index is 12.6. The summed E-state index contributed by atoms with van der Waals surface area (Å²) in [5.41, 5.74) is 0.406. The van der Waals surface area contributed by atoms with Crippen molar-refractivity contribution >= 4 is 11.7 Å². The van der Waals surface area contributed by atoms with Gasteiger partial charge in [-0.3, -0.25) is 4.90 Å². The van der Waals surface area contributed by atoms with Crippen LogP contribution in [-0.2, 0) is 4.84 Å². The molecule has 2 rings (SSSR count). The van der Waals surface area contributed by atoms with Crippen LogP contribution in [0.2, 0.25) is 0 Å². The van der Waals surface area contributed by atoms with Crippen molar-refractivity contribution in [1.29, 1.82) is 0 Å². The summed E-state index contributed by atoms with van der Waals surface area (Å²) in [6, 6.07) is 3.64. The normalized spacial score (nSPS) is 14.7. The molecule has 0 bridgehead atoms. The van der Waals surface area contributed by atoms with Gasteiger partial charge in [0.15, 0.2) is 0 Å². The van der Waals surface area contributed by atoms with Gasteiger partial charge in [0, 0.05) is 32.4 Å². The fraction of sp³-hybridized carbons (Fsp3) is 0.812. The molecule has 1 saturated heterocycles. The summed E-state index contributed by atoms with van der Waals surface area (Å²) in [6.07, 6.45) is 22.5. The highest BCUT2D eigenvalue weighted by Crippen LogP contribution is 2.15. The van der Waals surface area contributed by atoms with E-state index in [0.717, 1.165) is 77.1 Å². The fourth-order valence-corrected chi connectivity index (χ4v) is 5.57. The minimum atomic E-state index is -0.717. The van der Waals surface area contributed by atoms with Crippen molar-refractivity contribution < 1.29 is 19.8 Å². The number of aromatic nitrogens is 1. The monoisotopic (exact) mass is 591 g/mol. The number of piperazine rings is 1. The quantitative estimate of drug-likeness (QED) is 0.0839. The van der Waals surface area contributed by atoms with Crippen LogP contribution in [0.5, 0.6) is 0 Å². The van der Waals surface area contributed by atoms with Gasteiger partial charge < -0.3 is 20.0 Å². The molecule has 1 aliphatic heterocycles. The van der Waals surface area contributed by atoms with Gasteiger partial charge in [-0.1, -0.05) is 96.8 Å². The molecule has 1 N–H and O–H groups in total. The maximum absolute atomic E-state index is 12.6. The lowest BCUT2D eigenvalue weighted by atomic mass is 10.0. The molecule has 42 heavy (non-hydrogen) atoms. The number of rotatable bonds is 25. The van der Waals surface area contributed by atoms with E-state index >= 15 is 0 Å². The molecule has 2 heterocycles. The number of pyridine rings is 1. The lowest BCUT2D eigenvalue weighted by Gasteiger charge is -2.35. The summed E-state index contributed by atoms with van der Waals surface area (Å²) in [6.45, 7) is 7.91.